The average molecular weight is 313 g/mol. The fourth-order valence-corrected chi connectivity index (χ4v) is 3.23. The predicted molar refractivity (Wildman–Crippen MR) is 87.2 cm³/mol. The van der Waals surface area contributed by atoms with Gasteiger partial charge in [0.15, 0.2) is 0 Å². The molecule has 1 fully saturated rings. The molecule has 0 bridgehead atoms. The molecule has 0 aromatic heterocycles. The number of piperazine rings is 1. The van der Waals surface area contributed by atoms with Crippen LogP contribution in [0.3, 0.4) is 0 Å². The van der Waals surface area contributed by atoms with Gasteiger partial charge < -0.3 is 5.32 Å². The molecule has 2 unspecified atom stereocenters. The smallest absolute Gasteiger partial charge is 0.123 e. The average Bonchev–Trinajstić information content (AvgIpc) is 2.46. The Morgan fingerprint density at radius 3 is 2.86 bits per heavy atom. The maximum atomic E-state index is 13.5. The summed E-state index contributed by atoms with van der Waals surface area (Å²) in [5.74, 6) is -0.213. The van der Waals surface area contributed by atoms with E-state index in [4.69, 9.17) is 11.6 Å². The molecule has 1 heterocycles. The second-order valence-electron chi connectivity index (χ2n) is 6.38. The topological polar surface area (TPSA) is 15.3 Å². The SMILES string of the molecule is CCCC1CNC(C)(CC)CN1Cc1cc(F)ccc1Cl. The van der Waals surface area contributed by atoms with Crippen molar-refractivity contribution in [2.45, 2.75) is 58.2 Å². The molecule has 1 aromatic carbocycles. The van der Waals surface area contributed by atoms with Gasteiger partial charge in [-0.3, -0.25) is 4.90 Å². The molecule has 1 N–H and O–H groups in total. The van der Waals surface area contributed by atoms with Gasteiger partial charge in [-0.15, -0.1) is 0 Å². The number of nitrogens with one attached hydrogen (secondary N) is 1. The zero-order valence-corrected chi connectivity index (χ0v) is 14.0. The number of rotatable bonds is 5. The number of hydrogen-bond acceptors (Lipinski definition) is 2. The first-order chi connectivity index (χ1) is 9.97. The zero-order valence-electron chi connectivity index (χ0n) is 13.3. The first kappa shape index (κ1) is 16.7. The standard InChI is InChI=1S/C17H26ClFN2/c1-4-6-15-10-20-17(3,5-2)12-21(15)11-13-9-14(19)7-8-16(13)18/h7-9,15,20H,4-6,10-12H2,1-3H3. The maximum absolute atomic E-state index is 13.5. The molecule has 0 aliphatic carbocycles. The third-order valence-corrected chi connectivity index (χ3v) is 4.99. The van der Waals surface area contributed by atoms with Crippen LogP contribution in [0.5, 0.6) is 0 Å². The summed E-state index contributed by atoms with van der Waals surface area (Å²) >= 11 is 6.24. The van der Waals surface area contributed by atoms with Gasteiger partial charge in [0.1, 0.15) is 5.82 Å². The van der Waals surface area contributed by atoms with Crippen molar-refractivity contribution >= 4 is 11.6 Å². The van der Waals surface area contributed by atoms with Crippen LogP contribution < -0.4 is 5.32 Å². The summed E-state index contributed by atoms with van der Waals surface area (Å²) in [7, 11) is 0. The van der Waals surface area contributed by atoms with Crippen LogP contribution in [0.1, 0.15) is 45.6 Å². The van der Waals surface area contributed by atoms with Crippen LogP contribution in [0.4, 0.5) is 4.39 Å². The van der Waals surface area contributed by atoms with Crippen molar-refractivity contribution in [1.29, 1.82) is 0 Å². The molecule has 118 valence electrons. The van der Waals surface area contributed by atoms with Crippen LogP contribution in [-0.4, -0.2) is 29.6 Å². The Labute approximate surface area is 132 Å². The van der Waals surface area contributed by atoms with E-state index in [1.54, 1.807) is 12.1 Å². The van der Waals surface area contributed by atoms with Crippen LogP contribution in [0.15, 0.2) is 18.2 Å². The lowest BCUT2D eigenvalue weighted by atomic mass is 9.92. The Morgan fingerprint density at radius 2 is 2.19 bits per heavy atom. The van der Waals surface area contributed by atoms with Crippen LogP contribution >= 0.6 is 11.6 Å². The molecular formula is C17H26ClFN2. The second kappa shape index (κ2) is 7.08. The Bertz CT molecular complexity index is 480. The van der Waals surface area contributed by atoms with Crippen molar-refractivity contribution in [1.82, 2.24) is 10.2 Å². The third-order valence-electron chi connectivity index (χ3n) is 4.62. The summed E-state index contributed by atoms with van der Waals surface area (Å²) < 4.78 is 13.5. The van der Waals surface area contributed by atoms with Crippen molar-refractivity contribution in [2.75, 3.05) is 13.1 Å². The van der Waals surface area contributed by atoms with Crippen molar-refractivity contribution in [3.63, 3.8) is 0 Å². The van der Waals surface area contributed by atoms with E-state index in [0.717, 1.165) is 44.5 Å². The summed E-state index contributed by atoms with van der Waals surface area (Å²) in [5, 5.41) is 4.33. The molecular weight excluding hydrogens is 287 g/mol. The van der Waals surface area contributed by atoms with E-state index in [-0.39, 0.29) is 11.4 Å². The fourth-order valence-electron chi connectivity index (χ4n) is 3.05. The molecule has 21 heavy (non-hydrogen) atoms. The van der Waals surface area contributed by atoms with Crippen molar-refractivity contribution in [3.8, 4) is 0 Å². The third kappa shape index (κ3) is 4.18. The van der Waals surface area contributed by atoms with Gasteiger partial charge >= 0.3 is 0 Å². The number of benzene rings is 1. The minimum absolute atomic E-state index is 0.129. The van der Waals surface area contributed by atoms with E-state index in [1.807, 2.05) is 0 Å². The van der Waals surface area contributed by atoms with Gasteiger partial charge in [0.25, 0.3) is 0 Å². The van der Waals surface area contributed by atoms with Gasteiger partial charge in [0, 0.05) is 36.2 Å². The van der Waals surface area contributed by atoms with Crippen LogP contribution in [0.2, 0.25) is 5.02 Å². The quantitative estimate of drug-likeness (QED) is 0.875. The van der Waals surface area contributed by atoms with Crippen LogP contribution in [-0.2, 0) is 6.54 Å². The molecule has 1 aliphatic heterocycles. The van der Waals surface area contributed by atoms with Crippen LogP contribution in [0, 0.1) is 5.82 Å². The highest BCUT2D eigenvalue weighted by molar-refractivity contribution is 6.31. The lowest BCUT2D eigenvalue weighted by Gasteiger charge is -2.46. The monoisotopic (exact) mass is 312 g/mol. The molecule has 2 atom stereocenters. The highest BCUT2D eigenvalue weighted by Crippen LogP contribution is 2.26. The minimum atomic E-state index is -0.213. The van der Waals surface area contributed by atoms with E-state index < -0.39 is 0 Å². The highest BCUT2D eigenvalue weighted by atomic mass is 35.5. The molecule has 0 amide bonds. The molecule has 2 rings (SSSR count). The molecule has 4 heteroatoms. The minimum Gasteiger partial charge on any atom is -0.309 e. The number of nitrogens with zero attached hydrogens (tertiary/aromatic N) is 1. The van der Waals surface area contributed by atoms with Gasteiger partial charge in [0.2, 0.25) is 0 Å². The van der Waals surface area contributed by atoms with Gasteiger partial charge in [-0.05, 0) is 43.5 Å². The normalized spacial score (nSPS) is 27.0. The Morgan fingerprint density at radius 1 is 1.43 bits per heavy atom. The summed E-state index contributed by atoms with van der Waals surface area (Å²) in [4.78, 5) is 2.46. The lowest BCUT2D eigenvalue weighted by molar-refractivity contribution is 0.0725. The van der Waals surface area contributed by atoms with Gasteiger partial charge in [-0.25, -0.2) is 4.39 Å². The summed E-state index contributed by atoms with van der Waals surface area (Å²) in [6.07, 6.45) is 3.39. The Balaban J connectivity index is 2.17. The molecule has 0 saturated carbocycles. The van der Waals surface area contributed by atoms with Gasteiger partial charge in [-0.1, -0.05) is 31.9 Å². The molecule has 0 radical (unpaired) electrons. The van der Waals surface area contributed by atoms with E-state index in [0.29, 0.717) is 11.1 Å². The van der Waals surface area contributed by atoms with E-state index in [2.05, 4.69) is 31.0 Å². The summed E-state index contributed by atoms with van der Waals surface area (Å²) in [6, 6.07) is 5.14. The van der Waals surface area contributed by atoms with Gasteiger partial charge in [0.05, 0.1) is 0 Å². The Hall–Kier alpha value is -0.640. The van der Waals surface area contributed by atoms with E-state index in [1.165, 1.54) is 6.07 Å². The van der Waals surface area contributed by atoms with Crippen LogP contribution in [0.25, 0.3) is 0 Å². The molecule has 0 spiro atoms. The van der Waals surface area contributed by atoms with Crippen molar-refractivity contribution < 1.29 is 4.39 Å². The zero-order chi connectivity index (χ0) is 15.5. The predicted octanol–water partition coefficient (Wildman–Crippen LogP) is 4.22. The summed E-state index contributed by atoms with van der Waals surface area (Å²) in [6.45, 7) is 9.36. The second-order valence-corrected chi connectivity index (χ2v) is 6.79. The Kier molecular flexibility index (Phi) is 5.64. The maximum Gasteiger partial charge on any atom is 0.123 e. The number of halogens is 2. The fraction of sp³-hybridized carbons (Fsp3) is 0.647. The first-order valence-electron chi connectivity index (χ1n) is 7.90. The van der Waals surface area contributed by atoms with Gasteiger partial charge in [-0.2, -0.15) is 0 Å². The van der Waals surface area contributed by atoms with E-state index >= 15 is 0 Å². The largest absolute Gasteiger partial charge is 0.309 e. The van der Waals surface area contributed by atoms with Crippen molar-refractivity contribution in [3.05, 3.63) is 34.6 Å². The highest BCUT2D eigenvalue weighted by Gasteiger charge is 2.34. The number of hydrogen-bond donors (Lipinski definition) is 1. The molecule has 2 nitrogen and oxygen atoms in total. The molecule has 1 aliphatic rings. The molecule has 1 aromatic rings. The van der Waals surface area contributed by atoms with E-state index in [9.17, 15) is 4.39 Å². The summed E-state index contributed by atoms with van der Waals surface area (Å²) in [5.41, 5.74) is 1.02. The lowest BCUT2D eigenvalue weighted by Crippen LogP contribution is -2.62. The van der Waals surface area contributed by atoms with Crippen molar-refractivity contribution in [2.24, 2.45) is 0 Å². The molecule has 1 saturated heterocycles. The first-order valence-corrected chi connectivity index (χ1v) is 8.28.